The van der Waals surface area contributed by atoms with Crippen LogP contribution in [0.5, 0.6) is 5.75 Å². The zero-order valence-electron chi connectivity index (χ0n) is 17.2. The Morgan fingerprint density at radius 1 is 1.04 bits per heavy atom. The van der Waals surface area contributed by atoms with Gasteiger partial charge in [-0.05, 0) is 31.9 Å². The lowest BCUT2D eigenvalue weighted by Gasteiger charge is -2.10. The van der Waals surface area contributed by atoms with Gasteiger partial charge in [-0.3, -0.25) is 4.55 Å². The quantitative estimate of drug-likeness (QED) is 0.178. The maximum atomic E-state index is 10.8. The smallest absolute Gasteiger partial charge is 0.268 e. The van der Waals surface area contributed by atoms with E-state index < -0.39 is 15.9 Å². The zero-order valence-corrected chi connectivity index (χ0v) is 18.0. The molecule has 0 aliphatic heterocycles. The van der Waals surface area contributed by atoms with Gasteiger partial charge in [-0.25, -0.2) is 0 Å². The number of hydrogen-bond acceptors (Lipinski definition) is 5. The number of unbranched alkanes of at least 4 members (excludes halogenated alkanes) is 8. The monoisotopic (exact) mass is 413 g/mol. The Morgan fingerprint density at radius 2 is 1.64 bits per heavy atom. The van der Waals surface area contributed by atoms with Crippen molar-refractivity contribution in [2.45, 2.75) is 78.1 Å². The van der Waals surface area contributed by atoms with E-state index in [0.29, 0.717) is 17.7 Å². The first kappa shape index (κ1) is 24.4. The highest BCUT2D eigenvalue weighted by molar-refractivity contribution is 7.85. The highest BCUT2D eigenvalue weighted by Gasteiger charge is 2.11. The summed E-state index contributed by atoms with van der Waals surface area (Å²) in [6.07, 6.45) is 11.5. The van der Waals surface area contributed by atoms with E-state index in [1.165, 1.54) is 44.9 Å². The first-order valence-corrected chi connectivity index (χ1v) is 11.9. The third-order valence-electron chi connectivity index (χ3n) is 4.59. The van der Waals surface area contributed by atoms with E-state index in [1.54, 1.807) is 6.07 Å². The van der Waals surface area contributed by atoms with Crippen LogP contribution < -0.4 is 0 Å². The SMILES string of the molecule is CCCCCCCCCCC/C(=N\OCCS(=O)(=O)O)c1cc(C)ccc1O. The Kier molecular flexibility index (Phi) is 11.8. The van der Waals surface area contributed by atoms with Crippen molar-refractivity contribution in [3.8, 4) is 5.75 Å². The van der Waals surface area contributed by atoms with E-state index in [4.69, 9.17) is 9.39 Å². The van der Waals surface area contributed by atoms with Crippen molar-refractivity contribution in [3.63, 3.8) is 0 Å². The molecule has 0 saturated carbocycles. The average molecular weight is 414 g/mol. The van der Waals surface area contributed by atoms with Crippen LogP contribution in [0.4, 0.5) is 0 Å². The molecule has 0 fully saturated rings. The number of rotatable bonds is 15. The number of nitrogens with zero attached hydrogens (tertiary/aromatic N) is 1. The third-order valence-corrected chi connectivity index (χ3v) is 5.27. The normalized spacial score (nSPS) is 12.3. The van der Waals surface area contributed by atoms with Gasteiger partial charge >= 0.3 is 0 Å². The van der Waals surface area contributed by atoms with Gasteiger partial charge < -0.3 is 9.94 Å². The molecule has 0 spiro atoms. The van der Waals surface area contributed by atoms with E-state index in [1.807, 2.05) is 19.1 Å². The molecule has 1 rings (SSSR count). The summed E-state index contributed by atoms with van der Waals surface area (Å²) in [5.41, 5.74) is 2.19. The van der Waals surface area contributed by atoms with Crippen molar-refractivity contribution >= 4 is 15.8 Å². The van der Waals surface area contributed by atoms with Gasteiger partial charge in [0, 0.05) is 5.56 Å². The Bertz CT molecular complexity index is 701. The van der Waals surface area contributed by atoms with Crippen LogP contribution in [-0.4, -0.2) is 36.1 Å². The lowest BCUT2D eigenvalue weighted by atomic mass is 10.00. The van der Waals surface area contributed by atoms with Crippen LogP contribution in [0.1, 0.15) is 82.3 Å². The van der Waals surface area contributed by atoms with Crippen molar-refractivity contribution in [2.24, 2.45) is 5.16 Å². The van der Waals surface area contributed by atoms with Crippen LogP contribution in [0.25, 0.3) is 0 Å². The van der Waals surface area contributed by atoms with Crippen molar-refractivity contribution in [1.29, 1.82) is 0 Å². The van der Waals surface area contributed by atoms with Crippen LogP contribution in [-0.2, 0) is 15.0 Å². The Labute approximate surface area is 169 Å². The van der Waals surface area contributed by atoms with Crippen LogP contribution >= 0.6 is 0 Å². The zero-order chi connectivity index (χ0) is 20.8. The minimum absolute atomic E-state index is 0.124. The topological polar surface area (TPSA) is 96.2 Å². The molecule has 0 aliphatic rings. The molecule has 0 aliphatic carbocycles. The van der Waals surface area contributed by atoms with Crippen molar-refractivity contribution in [1.82, 2.24) is 0 Å². The Balaban J connectivity index is 2.53. The number of aryl methyl sites for hydroxylation is 1. The summed E-state index contributed by atoms with van der Waals surface area (Å²) in [5, 5.41) is 14.2. The molecule has 0 atom stereocenters. The molecule has 0 bridgehead atoms. The predicted molar refractivity (Wildman–Crippen MR) is 114 cm³/mol. The number of phenols is 1. The van der Waals surface area contributed by atoms with E-state index >= 15 is 0 Å². The van der Waals surface area contributed by atoms with E-state index in [9.17, 15) is 13.5 Å². The number of aromatic hydroxyl groups is 1. The second-order valence-electron chi connectivity index (χ2n) is 7.26. The highest BCUT2D eigenvalue weighted by Crippen LogP contribution is 2.22. The molecule has 1 aromatic rings. The molecule has 0 unspecified atom stereocenters. The van der Waals surface area contributed by atoms with Gasteiger partial charge in [0.25, 0.3) is 10.1 Å². The largest absolute Gasteiger partial charge is 0.507 e. The third kappa shape index (κ3) is 11.3. The van der Waals surface area contributed by atoms with Crippen molar-refractivity contribution in [2.75, 3.05) is 12.4 Å². The first-order chi connectivity index (χ1) is 13.3. The summed E-state index contributed by atoms with van der Waals surface area (Å²) in [4.78, 5) is 5.09. The molecule has 6 nitrogen and oxygen atoms in total. The summed E-state index contributed by atoms with van der Waals surface area (Å²) in [6, 6.07) is 5.27. The van der Waals surface area contributed by atoms with Crippen molar-refractivity contribution in [3.05, 3.63) is 29.3 Å². The van der Waals surface area contributed by atoms with Gasteiger partial charge in [0.15, 0.2) is 0 Å². The fourth-order valence-corrected chi connectivity index (χ4v) is 3.26. The van der Waals surface area contributed by atoms with Gasteiger partial charge in [-0.15, -0.1) is 0 Å². The van der Waals surface area contributed by atoms with E-state index in [0.717, 1.165) is 18.4 Å². The van der Waals surface area contributed by atoms with E-state index in [-0.39, 0.29) is 12.4 Å². The molecule has 1 aromatic carbocycles. The van der Waals surface area contributed by atoms with Gasteiger partial charge in [0.2, 0.25) is 0 Å². The fraction of sp³-hybridized carbons (Fsp3) is 0.667. The fourth-order valence-electron chi connectivity index (χ4n) is 2.98. The molecule has 160 valence electrons. The molecule has 0 aromatic heterocycles. The second-order valence-corrected chi connectivity index (χ2v) is 8.83. The minimum Gasteiger partial charge on any atom is -0.507 e. The average Bonchev–Trinajstić information content (AvgIpc) is 2.63. The van der Waals surface area contributed by atoms with Gasteiger partial charge in [-0.2, -0.15) is 8.42 Å². The van der Waals surface area contributed by atoms with Gasteiger partial charge in [0.05, 0.1) is 5.71 Å². The molecular weight excluding hydrogens is 378 g/mol. The summed E-state index contributed by atoms with van der Waals surface area (Å²) in [5.74, 6) is -0.389. The Hall–Kier alpha value is -1.60. The number of benzene rings is 1. The molecule has 28 heavy (non-hydrogen) atoms. The van der Waals surface area contributed by atoms with Crippen molar-refractivity contribution < 1.29 is 22.9 Å². The number of phenolic OH excluding ortho intramolecular Hbond substituents is 1. The second kappa shape index (κ2) is 13.6. The molecule has 0 saturated heterocycles. The molecule has 7 heteroatoms. The summed E-state index contributed by atoms with van der Waals surface area (Å²) >= 11 is 0. The Morgan fingerprint density at radius 3 is 2.25 bits per heavy atom. The maximum Gasteiger partial charge on any atom is 0.268 e. The lowest BCUT2D eigenvalue weighted by Crippen LogP contribution is -2.10. The van der Waals surface area contributed by atoms with Crippen LogP contribution in [0.2, 0.25) is 0 Å². The van der Waals surface area contributed by atoms with Crippen LogP contribution in [0, 0.1) is 6.92 Å². The van der Waals surface area contributed by atoms with Crippen LogP contribution in [0.15, 0.2) is 23.4 Å². The predicted octanol–water partition coefficient (Wildman–Crippen LogP) is 5.23. The number of hydrogen-bond donors (Lipinski definition) is 2. The molecule has 0 heterocycles. The number of oxime groups is 1. The van der Waals surface area contributed by atoms with Crippen LogP contribution in [0.3, 0.4) is 0 Å². The minimum atomic E-state index is -4.08. The molecule has 0 radical (unpaired) electrons. The highest BCUT2D eigenvalue weighted by atomic mass is 32.2. The maximum absolute atomic E-state index is 10.8. The molecular formula is C21H35NO5S. The molecule has 2 N–H and O–H groups in total. The van der Waals surface area contributed by atoms with Gasteiger partial charge in [0.1, 0.15) is 18.1 Å². The summed E-state index contributed by atoms with van der Waals surface area (Å²) in [6.45, 7) is 3.92. The summed E-state index contributed by atoms with van der Waals surface area (Å²) < 4.78 is 30.4. The summed E-state index contributed by atoms with van der Waals surface area (Å²) in [7, 11) is -4.08. The standard InChI is InChI=1S/C21H35NO5S/c1-3-4-5-6-7-8-9-10-11-12-20(22-27-15-16-28(24,25)26)19-17-18(2)13-14-21(19)23/h13-14,17,23H,3-12,15-16H2,1-2H3,(H,24,25,26)/b22-20+. The molecule has 0 amide bonds. The van der Waals surface area contributed by atoms with Gasteiger partial charge in [-0.1, -0.05) is 75.1 Å². The lowest BCUT2D eigenvalue weighted by molar-refractivity contribution is 0.158. The van der Waals surface area contributed by atoms with E-state index in [2.05, 4.69) is 12.1 Å². The first-order valence-electron chi connectivity index (χ1n) is 10.3.